The van der Waals surface area contributed by atoms with Crippen molar-refractivity contribution in [3.63, 3.8) is 0 Å². The van der Waals surface area contributed by atoms with Gasteiger partial charge in [0.2, 0.25) is 0 Å². The Morgan fingerprint density at radius 3 is 2.79 bits per heavy atom. The first-order chi connectivity index (χ1) is 13.5. The number of imidazole rings is 1. The second-order valence-electron chi connectivity index (χ2n) is 6.57. The standard InChI is InChI=1S/C21H20N2O5/c1-12-10-13-11-14(4-6-16(13)28-12)23-9-8-22-20(23)15-5-7-17(26-2)19(27-3)18(15)21(24)25/h4-9,11-12H,10H2,1-3H3,(H,24,25). The number of benzene rings is 2. The van der Waals surface area contributed by atoms with Crippen LogP contribution in [0.1, 0.15) is 22.8 Å². The van der Waals surface area contributed by atoms with Gasteiger partial charge in [-0.3, -0.25) is 4.57 Å². The van der Waals surface area contributed by atoms with E-state index in [0.717, 1.165) is 23.4 Å². The van der Waals surface area contributed by atoms with Crippen LogP contribution in [-0.4, -0.2) is 41.0 Å². The molecule has 1 unspecified atom stereocenters. The van der Waals surface area contributed by atoms with E-state index in [1.54, 1.807) is 24.5 Å². The number of hydrogen-bond donors (Lipinski definition) is 1. The molecule has 1 aromatic heterocycles. The molecule has 7 heteroatoms. The van der Waals surface area contributed by atoms with E-state index in [1.165, 1.54) is 14.2 Å². The molecule has 0 bridgehead atoms. The van der Waals surface area contributed by atoms with Crippen LogP contribution in [0.2, 0.25) is 0 Å². The van der Waals surface area contributed by atoms with Gasteiger partial charge in [0.15, 0.2) is 11.5 Å². The minimum absolute atomic E-state index is 0.00687. The molecular formula is C21H20N2O5. The number of rotatable bonds is 5. The van der Waals surface area contributed by atoms with E-state index in [2.05, 4.69) is 4.98 Å². The number of nitrogens with zero attached hydrogens (tertiary/aromatic N) is 2. The largest absolute Gasteiger partial charge is 0.493 e. The third kappa shape index (κ3) is 2.85. The van der Waals surface area contributed by atoms with Gasteiger partial charge >= 0.3 is 5.97 Å². The van der Waals surface area contributed by atoms with Gasteiger partial charge < -0.3 is 19.3 Å². The maximum atomic E-state index is 12.0. The van der Waals surface area contributed by atoms with Crippen molar-refractivity contribution in [3.8, 4) is 34.3 Å². The predicted octanol–water partition coefficient (Wildman–Crippen LogP) is 3.58. The number of fused-ring (bicyclic) bond motifs is 1. The summed E-state index contributed by atoms with van der Waals surface area (Å²) in [6.45, 7) is 2.03. The summed E-state index contributed by atoms with van der Waals surface area (Å²) in [4.78, 5) is 16.4. The van der Waals surface area contributed by atoms with Crippen molar-refractivity contribution in [2.75, 3.05) is 14.2 Å². The van der Waals surface area contributed by atoms with Gasteiger partial charge in [0.25, 0.3) is 0 Å². The molecule has 144 valence electrons. The van der Waals surface area contributed by atoms with Crippen LogP contribution in [0.4, 0.5) is 0 Å². The Morgan fingerprint density at radius 2 is 2.07 bits per heavy atom. The minimum Gasteiger partial charge on any atom is -0.493 e. The summed E-state index contributed by atoms with van der Waals surface area (Å²) >= 11 is 0. The Hall–Kier alpha value is -3.48. The molecule has 1 N–H and O–H groups in total. The van der Waals surface area contributed by atoms with E-state index in [-0.39, 0.29) is 17.4 Å². The van der Waals surface area contributed by atoms with Crippen LogP contribution in [0.25, 0.3) is 17.1 Å². The van der Waals surface area contributed by atoms with Crippen molar-refractivity contribution in [3.05, 3.63) is 53.9 Å². The summed E-state index contributed by atoms with van der Waals surface area (Å²) in [7, 11) is 2.89. The Balaban J connectivity index is 1.87. The number of aromatic nitrogens is 2. The molecule has 1 aliphatic heterocycles. The number of aromatic carboxylic acids is 1. The summed E-state index contributed by atoms with van der Waals surface area (Å²) in [6, 6.07) is 9.28. The molecule has 7 nitrogen and oxygen atoms in total. The maximum Gasteiger partial charge on any atom is 0.340 e. The third-order valence-electron chi connectivity index (χ3n) is 4.80. The molecule has 0 aliphatic carbocycles. The topological polar surface area (TPSA) is 82.8 Å². The lowest BCUT2D eigenvalue weighted by Crippen LogP contribution is -2.07. The Bertz CT molecular complexity index is 1060. The first-order valence-corrected chi connectivity index (χ1v) is 8.85. The number of methoxy groups -OCH3 is 2. The van der Waals surface area contributed by atoms with Crippen LogP contribution in [0.3, 0.4) is 0 Å². The zero-order chi connectivity index (χ0) is 19.8. The van der Waals surface area contributed by atoms with Gasteiger partial charge in [-0.25, -0.2) is 9.78 Å². The fourth-order valence-electron chi connectivity index (χ4n) is 3.59. The van der Waals surface area contributed by atoms with Crippen molar-refractivity contribution in [2.45, 2.75) is 19.4 Å². The summed E-state index contributed by atoms with van der Waals surface area (Å²) in [5.41, 5.74) is 2.46. The van der Waals surface area contributed by atoms with Crippen molar-refractivity contribution in [1.82, 2.24) is 9.55 Å². The molecule has 1 atom stereocenters. The first-order valence-electron chi connectivity index (χ1n) is 8.85. The van der Waals surface area contributed by atoms with E-state index in [0.29, 0.717) is 17.1 Å². The lowest BCUT2D eigenvalue weighted by Gasteiger charge is -2.15. The highest BCUT2D eigenvalue weighted by Gasteiger charge is 2.25. The molecule has 0 fully saturated rings. The number of carbonyl (C=O) groups is 1. The third-order valence-corrected chi connectivity index (χ3v) is 4.80. The van der Waals surface area contributed by atoms with E-state index in [9.17, 15) is 9.90 Å². The fraction of sp³-hybridized carbons (Fsp3) is 0.238. The molecule has 0 radical (unpaired) electrons. The molecule has 4 rings (SSSR count). The lowest BCUT2D eigenvalue weighted by atomic mass is 10.0. The highest BCUT2D eigenvalue weighted by molar-refractivity contribution is 5.99. The highest BCUT2D eigenvalue weighted by Crippen LogP contribution is 2.39. The van der Waals surface area contributed by atoms with Crippen molar-refractivity contribution >= 4 is 5.97 Å². The normalized spacial score (nSPS) is 15.0. The fourth-order valence-corrected chi connectivity index (χ4v) is 3.59. The summed E-state index contributed by atoms with van der Waals surface area (Å²) in [5, 5.41) is 9.82. The molecular weight excluding hydrogens is 360 g/mol. The Kier molecular flexibility index (Phi) is 4.43. The number of carboxylic acid groups (broad SMARTS) is 1. The molecule has 0 spiro atoms. The highest BCUT2D eigenvalue weighted by atomic mass is 16.5. The van der Waals surface area contributed by atoms with Crippen LogP contribution in [0, 0.1) is 0 Å². The Morgan fingerprint density at radius 1 is 1.25 bits per heavy atom. The lowest BCUT2D eigenvalue weighted by molar-refractivity contribution is 0.0693. The van der Waals surface area contributed by atoms with E-state index in [1.807, 2.05) is 29.7 Å². The van der Waals surface area contributed by atoms with Gasteiger partial charge in [-0.15, -0.1) is 0 Å². The van der Waals surface area contributed by atoms with Crippen molar-refractivity contribution in [2.24, 2.45) is 0 Å². The quantitative estimate of drug-likeness (QED) is 0.729. The van der Waals surface area contributed by atoms with E-state index < -0.39 is 5.97 Å². The second-order valence-corrected chi connectivity index (χ2v) is 6.57. The zero-order valence-corrected chi connectivity index (χ0v) is 15.8. The zero-order valence-electron chi connectivity index (χ0n) is 15.8. The average Bonchev–Trinajstić information content (AvgIpc) is 3.31. The van der Waals surface area contributed by atoms with Crippen LogP contribution in [0.5, 0.6) is 17.2 Å². The smallest absolute Gasteiger partial charge is 0.340 e. The van der Waals surface area contributed by atoms with Gasteiger partial charge in [0, 0.05) is 30.1 Å². The van der Waals surface area contributed by atoms with Gasteiger partial charge in [-0.2, -0.15) is 0 Å². The van der Waals surface area contributed by atoms with Gasteiger partial charge in [0.1, 0.15) is 23.2 Å². The molecule has 3 aromatic rings. The minimum atomic E-state index is -1.11. The van der Waals surface area contributed by atoms with Crippen LogP contribution < -0.4 is 14.2 Å². The maximum absolute atomic E-state index is 12.0. The summed E-state index contributed by atoms with van der Waals surface area (Å²) < 4.78 is 18.2. The summed E-state index contributed by atoms with van der Waals surface area (Å²) in [5.74, 6) is 0.792. The predicted molar refractivity (Wildman–Crippen MR) is 103 cm³/mol. The van der Waals surface area contributed by atoms with Gasteiger partial charge in [-0.05, 0) is 42.8 Å². The van der Waals surface area contributed by atoms with Crippen molar-refractivity contribution < 1.29 is 24.1 Å². The summed E-state index contributed by atoms with van der Waals surface area (Å²) in [6.07, 6.45) is 4.43. The number of carboxylic acids is 1. The molecule has 0 saturated carbocycles. The van der Waals surface area contributed by atoms with Crippen LogP contribution in [-0.2, 0) is 6.42 Å². The van der Waals surface area contributed by atoms with Crippen molar-refractivity contribution in [1.29, 1.82) is 0 Å². The first kappa shape index (κ1) is 17.9. The van der Waals surface area contributed by atoms with Gasteiger partial charge in [-0.1, -0.05) is 0 Å². The van der Waals surface area contributed by atoms with Gasteiger partial charge in [0.05, 0.1) is 14.2 Å². The van der Waals surface area contributed by atoms with Crippen LogP contribution in [0.15, 0.2) is 42.7 Å². The molecule has 28 heavy (non-hydrogen) atoms. The molecule has 0 amide bonds. The number of hydrogen-bond acceptors (Lipinski definition) is 5. The Labute approximate surface area is 162 Å². The van der Waals surface area contributed by atoms with E-state index >= 15 is 0 Å². The van der Waals surface area contributed by atoms with E-state index in [4.69, 9.17) is 14.2 Å². The number of ether oxygens (including phenoxy) is 3. The average molecular weight is 380 g/mol. The molecule has 1 aliphatic rings. The second kappa shape index (κ2) is 6.92. The monoisotopic (exact) mass is 380 g/mol. The SMILES string of the molecule is COc1ccc(-c2nccn2-c2ccc3c(c2)CC(C)O3)c(C(=O)O)c1OC. The van der Waals surface area contributed by atoms with Crippen LogP contribution >= 0.6 is 0 Å². The molecule has 2 heterocycles. The molecule has 2 aromatic carbocycles. The molecule has 0 saturated heterocycles.